The molecule has 0 fully saturated rings. The van der Waals surface area contributed by atoms with Crippen LogP contribution in [0.3, 0.4) is 0 Å². The van der Waals surface area contributed by atoms with E-state index >= 15 is 0 Å². The molecule has 0 atom stereocenters. The number of para-hydroxylation sites is 1. The first-order chi connectivity index (χ1) is 10.9. The van der Waals surface area contributed by atoms with E-state index in [4.69, 9.17) is 11.6 Å². The Morgan fingerprint density at radius 3 is 2.70 bits per heavy atom. The molecular formula is C19H25ClN2S. The van der Waals surface area contributed by atoms with E-state index in [0.717, 1.165) is 30.8 Å². The van der Waals surface area contributed by atoms with Crippen LogP contribution >= 0.6 is 23.4 Å². The third-order valence-corrected chi connectivity index (χ3v) is 6.47. The lowest BCUT2D eigenvalue weighted by Crippen LogP contribution is -2.42. The van der Waals surface area contributed by atoms with E-state index in [0.29, 0.717) is 0 Å². The lowest BCUT2D eigenvalue weighted by Gasteiger charge is -2.40. The molecule has 4 heteroatoms. The first-order valence-electron chi connectivity index (χ1n) is 8.19. The Morgan fingerprint density at radius 1 is 1.22 bits per heavy atom. The lowest BCUT2D eigenvalue weighted by atomic mass is 9.98. The van der Waals surface area contributed by atoms with Crippen LogP contribution in [0.4, 0.5) is 5.69 Å². The topological polar surface area (TPSA) is 6.48 Å². The van der Waals surface area contributed by atoms with Crippen molar-refractivity contribution in [3.8, 4) is 0 Å². The molecule has 3 rings (SSSR count). The molecule has 23 heavy (non-hydrogen) atoms. The second-order valence-electron chi connectivity index (χ2n) is 7.08. The van der Waals surface area contributed by atoms with E-state index < -0.39 is 0 Å². The molecule has 0 bridgehead atoms. The van der Waals surface area contributed by atoms with Gasteiger partial charge in [0.15, 0.2) is 0 Å². The summed E-state index contributed by atoms with van der Waals surface area (Å²) < 4.78 is 0. The maximum absolute atomic E-state index is 6.29. The summed E-state index contributed by atoms with van der Waals surface area (Å²) in [6.45, 7) is 5.65. The fourth-order valence-corrected chi connectivity index (χ4v) is 4.38. The Labute approximate surface area is 149 Å². The van der Waals surface area contributed by atoms with E-state index in [2.05, 4.69) is 68.1 Å². The normalized spacial score (nSPS) is 18.0. The fraction of sp³-hybridized carbons (Fsp3) is 0.474. The molecule has 0 radical (unpaired) electrons. The number of benzene rings is 1. The quantitative estimate of drug-likeness (QED) is 0.713. The van der Waals surface area contributed by atoms with Crippen LogP contribution in [-0.4, -0.2) is 31.1 Å². The summed E-state index contributed by atoms with van der Waals surface area (Å²) in [5.74, 6) is 0. The van der Waals surface area contributed by atoms with E-state index in [-0.39, 0.29) is 5.54 Å². The van der Waals surface area contributed by atoms with Crippen LogP contribution < -0.4 is 4.90 Å². The van der Waals surface area contributed by atoms with Crippen molar-refractivity contribution in [3.05, 3.63) is 46.0 Å². The fourth-order valence-electron chi connectivity index (χ4n) is 2.91. The zero-order valence-electron chi connectivity index (χ0n) is 14.4. The molecule has 1 heterocycles. The molecule has 0 N–H and O–H groups in total. The van der Waals surface area contributed by atoms with Gasteiger partial charge in [-0.1, -0.05) is 35.5 Å². The average Bonchev–Trinajstić information content (AvgIpc) is 2.51. The standard InChI is InChI=1S/C19H25ClN2S/c1-19(2,21(3)4)11-12-22-15-7-5-6-8-17(15)23-18-13-14(20)9-10-16(18)22/h5-8,13H,9-12H2,1-4H3. The van der Waals surface area contributed by atoms with Crippen LogP contribution in [0.25, 0.3) is 0 Å². The van der Waals surface area contributed by atoms with Crippen molar-refractivity contribution in [3.63, 3.8) is 0 Å². The van der Waals surface area contributed by atoms with Gasteiger partial charge in [0.1, 0.15) is 0 Å². The predicted octanol–water partition coefficient (Wildman–Crippen LogP) is 5.46. The van der Waals surface area contributed by atoms with E-state index in [9.17, 15) is 0 Å². The molecule has 0 unspecified atom stereocenters. The van der Waals surface area contributed by atoms with Crippen LogP contribution in [0.2, 0.25) is 0 Å². The van der Waals surface area contributed by atoms with Crippen molar-refractivity contribution in [1.29, 1.82) is 0 Å². The summed E-state index contributed by atoms with van der Waals surface area (Å²) in [6.07, 6.45) is 5.27. The van der Waals surface area contributed by atoms with Gasteiger partial charge in [-0.15, -0.1) is 0 Å². The SMILES string of the molecule is CN(C)C(C)(C)CCN1C2=C(C=C(Cl)CC2)Sc2ccccc21. The average molecular weight is 349 g/mol. The number of hydrogen-bond donors (Lipinski definition) is 0. The van der Waals surface area contributed by atoms with Crippen LogP contribution in [0.15, 0.2) is 50.9 Å². The Kier molecular flexibility index (Phi) is 4.82. The highest BCUT2D eigenvalue weighted by Crippen LogP contribution is 2.47. The number of allylic oxidation sites excluding steroid dienone is 3. The van der Waals surface area contributed by atoms with Crippen LogP contribution in [0.1, 0.15) is 33.1 Å². The number of halogens is 1. The van der Waals surface area contributed by atoms with Gasteiger partial charge in [-0.25, -0.2) is 0 Å². The van der Waals surface area contributed by atoms with Crippen molar-refractivity contribution >= 4 is 29.1 Å². The molecule has 2 nitrogen and oxygen atoms in total. The number of hydrogen-bond acceptors (Lipinski definition) is 3. The summed E-state index contributed by atoms with van der Waals surface area (Å²) in [4.78, 5) is 7.48. The van der Waals surface area contributed by atoms with Crippen molar-refractivity contribution in [2.75, 3.05) is 25.5 Å². The minimum Gasteiger partial charge on any atom is -0.343 e. The molecule has 0 spiro atoms. The maximum Gasteiger partial charge on any atom is 0.0550 e. The molecule has 0 saturated carbocycles. The van der Waals surface area contributed by atoms with Crippen molar-refractivity contribution in [1.82, 2.24) is 4.90 Å². The molecule has 0 saturated heterocycles. The monoisotopic (exact) mass is 348 g/mol. The molecule has 124 valence electrons. The summed E-state index contributed by atoms with van der Waals surface area (Å²) in [7, 11) is 4.32. The summed E-state index contributed by atoms with van der Waals surface area (Å²) in [6, 6.07) is 8.72. The van der Waals surface area contributed by atoms with Crippen molar-refractivity contribution in [2.24, 2.45) is 0 Å². The number of anilines is 1. The smallest absolute Gasteiger partial charge is 0.0550 e. The van der Waals surface area contributed by atoms with Crippen LogP contribution in [-0.2, 0) is 0 Å². The number of thioether (sulfide) groups is 1. The van der Waals surface area contributed by atoms with Crippen molar-refractivity contribution < 1.29 is 0 Å². The molecule has 1 aliphatic carbocycles. The van der Waals surface area contributed by atoms with Gasteiger partial charge in [0.25, 0.3) is 0 Å². The zero-order chi connectivity index (χ0) is 16.6. The van der Waals surface area contributed by atoms with Gasteiger partial charge < -0.3 is 9.80 Å². The number of nitrogens with zero attached hydrogens (tertiary/aromatic N) is 2. The Balaban J connectivity index is 1.92. The zero-order valence-corrected chi connectivity index (χ0v) is 16.0. The highest BCUT2D eigenvalue weighted by molar-refractivity contribution is 8.03. The molecule has 1 aliphatic heterocycles. The van der Waals surface area contributed by atoms with Gasteiger partial charge in [0.05, 0.1) is 5.69 Å². The van der Waals surface area contributed by atoms with Crippen LogP contribution in [0, 0.1) is 0 Å². The second-order valence-corrected chi connectivity index (χ2v) is 8.65. The molecule has 1 aromatic rings. The Morgan fingerprint density at radius 2 is 1.96 bits per heavy atom. The van der Waals surface area contributed by atoms with Gasteiger partial charge in [-0.2, -0.15) is 0 Å². The minimum absolute atomic E-state index is 0.183. The highest BCUT2D eigenvalue weighted by atomic mass is 35.5. The Bertz CT molecular complexity index is 661. The first-order valence-corrected chi connectivity index (χ1v) is 9.39. The van der Waals surface area contributed by atoms with Gasteiger partial charge in [0.2, 0.25) is 0 Å². The molecule has 2 aliphatic rings. The van der Waals surface area contributed by atoms with E-state index in [1.54, 1.807) is 0 Å². The number of fused-ring (bicyclic) bond motifs is 1. The van der Waals surface area contributed by atoms with E-state index in [1.807, 2.05) is 11.8 Å². The van der Waals surface area contributed by atoms with E-state index in [1.165, 1.54) is 21.2 Å². The molecule has 0 aromatic heterocycles. The highest BCUT2D eigenvalue weighted by Gasteiger charge is 2.29. The second kappa shape index (κ2) is 6.54. The van der Waals surface area contributed by atoms with Gasteiger partial charge in [0, 0.05) is 32.6 Å². The minimum atomic E-state index is 0.183. The summed E-state index contributed by atoms with van der Waals surface area (Å²) in [5.41, 5.74) is 2.97. The first kappa shape index (κ1) is 16.9. The summed E-state index contributed by atoms with van der Waals surface area (Å²) in [5, 5.41) is 0.976. The van der Waals surface area contributed by atoms with Gasteiger partial charge in [-0.05, 0) is 65.4 Å². The largest absolute Gasteiger partial charge is 0.343 e. The third kappa shape index (κ3) is 3.47. The lowest BCUT2D eigenvalue weighted by molar-refractivity contribution is 0.185. The molecule has 0 amide bonds. The van der Waals surface area contributed by atoms with Gasteiger partial charge in [-0.3, -0.25) is 0 Å². The molecular weight excluding hydrogens is 324 g/mol. The summed E-state index contributed by atoms with van der Waals surface area (Å²) >= 11 is 8.15. The Hall–Kier alpha value is -0.900. The predicted molar refractivity (Wildman–Crippen MR) is 102 cm³/mol. The van der Waals surface area contributed by atoms with Gasteiger partial charge >= 0.3 is 0 Å². The van der Waals surface area contributed by atoms with Crippen molar-refractivity contribution in [2.45, 2.75) is 43.5 Å². The van der Waals surface area contributed by atoms with Crippen LogP contribution in [0.5, 0.6) is 0 Å². The third-order valence-electron chi connectivity index (χ3n) is 5.03. The molecule has 1 aromatic carbocycles. The number of rotatable bonds is 4. The maximum atomic E-state index is 6.29.